The summed E-state index contributed by atoms with van der Waals surface area (Å²) in [5, 5.41) is 7.68. The van der Waals surface area contributed by atoms with Crippen molar-refractivity contribution in [3.63, 3.8) is 0 Å². The van der Waals surface area contributed by atoms with Crippen molar-refractivity contribution in [2.75, 3.05) is 32.1 Å². The Hall–Kier alpha value is -3.52. The molecule has 0 saturated heterocycles. The molecular formula is C24H27ClN4O4. The molecule has 0 aliphatic heterocycles. The molecule has 33 heavy (non-hydrogen) atoms. The van der Waals surface area contributed by atoms with Crippen molar-refractivity contribution in [2.45, 2.75) is 20.8 Å². The molecule has 1 heterocycles. The molecule has 0 fully saturated rings. The fraction of sp³-hybridized carbons (Fsp3) is 0.292. The maximum atomic E-state index is 13.0. The van der Waals surface area contributed by atoms with Gasteiger partial charge in [-0.3, -0.25) is 9.59 Å². The zero-order chi connectivity index (χ0) is 24.0. The maximum absolute atomic E-state index is 13.0. The van der Waals surface area contributed by atoms with Gasteiger partial charge in [-0.05, 0) is 51.1 Å². The van der Waals surface area contributed by atoms with Gasteiger partial charge in [0.1, 0.15) is 0 Å². The number of carbonyl (C=O) groups excluding carboxylic acids is 2. The second-order valence-corrected chi connectivity index (χ2v) is 7.71. The average Bonchev–Trinajstić information content (AvgIpc) is 3.16. The van der Waals surface area contributed by atoms with Gasteiger partial charge in [0.2, 0.25) is 5.91 Å². The first-order valence-electron chi connectivity index (χ1n) is 10.6. The predicted octanol–water partition coefficient (Wildman–Crippen LogP) is 4.34. The molecule has 0 radical (unpaired) electrons. The smallest absolute Gasteiger partial charge is 0.257 e. The average molecular weight is 471 g/mol. The van der Waals surface area contributed by atoms with Crippen LogP contribution in [-0.2, 0) is 4.79 Å². The lowest BCUT2D eigenvalue weighted by molar-refractivity contribution is -0.116. The fourth-order valence-corrected chi connectivity index (χ4v) is 3.49. The number of likely N-dealkylation sites (N-methyl/N-ethyl adjacent to an activating group) is 1. The number of rotatable bonds is 9. The highest BCUT2D eigenvalue weighted by molar-refractivity contribution is 6.30. The van der Waals surface area contributed by atoms with E-state index in [1.165, 1.54) is 11.1 Å². The van der Waals surface area contributed by atoms with Crippen LogP contribution < -0.4 is 14.8 Å². The highest BCUT2D eigenvalue weighted by atomic mass is 35.5. The Morgan fingerprint density at radius 3 is 2.52 bits per heavy atom. The summed E-state index contributed by atoms with van der Waals surface area (Å²) in [5.41, 5.74) is 2.37. The summed E-state index contributed by atoms with van der Waals surface area (Å²) in [6.07, 6.45) is 1.49. The Balaban J connectivity index is 1.68. The highest BCUT2D eigenvalue weighted by Crippen LogP contribution is 2.30. The summed E-state index contributed by atoms with van der Waals surface area (Å²) in [5.74, 6) is 0.512. The van der Waals surface area contributed by atoms with E-state index in [9.17, 15) is 9.59 Å². The van der Waals surface area contributed by atoms with Gasteiger partial charge >= 0.3 is 0 Å². The van der Waals surface area contributed by atoms with Gasteiger partial charge in [-0.2, -0.15) is 5.10 Å². The van der Waals surface area contributed by atoms with Crippen LogP contribution in [0.1, 0.15) is 29.9 Å². The van der Waals surface area contributed by atoms with E-state index in [4.69, 9.17) is 21.1 Å². The fourth-order valence-electron chi connectivity index (χ4n) is 3.31. The Labute approximate surface area is 198 Å². The van der Waals surface area contributed by atoms with E-state index in [0.717, 1.165) is 5.69 Å². The number of carbonyl (C=O) groups is 2. The summed E-state index contributed by atoms with van der Waals surface area (Å²) in [7, 11) is 1.57. The van der Waals surface area contributed by atoms with E-state index in [-0.39, 0.29) is 18.4 Å². The SMILES string of the molecule is CCOc1ccc(NC(=O)CN(C)C(=O)c2cnn(-c3cccc(Cl)c3)c2C)cc1OCC. The third-order valence-corrected chi connectivity index (χ3v) is 5.08. The van der Waals surface area contributed by atoms with E-state index in [1.54, 1.807) is 49.0 Å². The highest BCUT2D eigenvalue weighted by Gasteiger charge is 2.21. The van der Waals surface area contributed by atoms with Gasteiger partial charge in [0.15, 0.2) is 11.5 Å². The van der Waals surface area contributed by atoms with Gasteiger partial charge in [-0.15, -0.1) is 0 Å². The van der Waals surface area contributed by atoms with E-state index < -0.39 is 0 Å². The standard InChI is InChI=1S/C24H27ClN4O4/c1-5-32-21-11-10-18(13-22(21)33-6-2)27-23(30)15-28(4)24(31)20-14-26-29(16(20)3)19-9-7-8-17(25)12-19/h7-14H,5-6,15H2,1-4H3,(H,27,30). The molecule has 3 aromatic rings. The van der Waals surface area contributed by atoms with Crippen LogP contribution in [0.5, 0.6) is 11.5 Å². The summed E-state index contributed by atoms with van der Waals surface area (Å²) in [6, 6.07) is 12.4. The van der Waals surface area contributed by atoms with Crippen molar-refractivity contribution in [1.29, 1.82) is 0 Å². The molecule has 0 aliphatic carbocycles. The number of nitrogens with zero attached hydrogens (tertiary/aromatic N) is 3. The molecule has 2 aromatic carbocycles. The lowest BCUT2D eigenvalue weighted by Crippen LogP contribution is -2.35. The zero-order valence-electron chi connectivity index (χ0n) is 19.1. The quantitative estimate of drug-likeness (QED) is 0.502. The Bertz CT molecular complexity index is 1150. The molecule has 8 nitrogen and oxygen atoms in total. The molecule has 0 unspecified atom stereocenters. The summed E-state index contributed by atoms with van der Waals surface area (Å²) in [6.45, 7) is 6.40. The third kappa shape index (κ3) is 5.84. The number of hydrogen-bond donors (Lipinski definition) is 1. The van der Waals surface area contributed by atoms with Gasteiger partial charge in [-0.1, -0.05) is 17.7 Å². The number of ether oxygens (including phenoxy) is 2. The molecule has 0 bridgehead atoms. The van der Waals surface area contributed by atoms with Crippen molar-refractivity contribution in [3.05, 3.63) is 64.9 Å². The first-order chi connectivity index (χ1) is 15.8. The number of halogens is 1. The molecule has 1 N–H and O–H groups in total. The third-order valence-electron chi connectivity index (χ3n) is 4.85. The zero-order valence-corrected chi connectivity index (χ0v) is 19.8. The van der Waals surface area contributed by atoms with Crippen LogP contribution >= 0.6 is 11.6 Å². The minimum absolute atomic E-state index is 0.127. The lowest BCUT2D eigenvalue weighted by Gasteiger charge is -2.17. The first kappa shape index (κ1) is 24.1. The second-order valence-electron chi connectivity index (χ2n) is 7.27. The molecule has 0 saturated carbocycles. The minimum Gasteiger partial charge on any atom is -0.490 e. The number of hydrogen-bond acceptors (Lipinski definition) is 5. The van der Waals surface area contributed by atoms with Crippen molar-refractivity contribution in [3.8, 4) is 17.2 Å². The normalized spacial score (nSPS) is 10.6. The van der Waals surface area contributed by atoms with Gasteiger partial charge < -0.3 is 19.7 Å². The monoisotopic (exact) mass is 470 g/mol. The molecule has 0 aliphatic rings. The molecule has 174 valence electrons. The van der Waals surface area contributed by atoms with Crippen LogP contribution in [0, 0.1) is 6.92 Å². The number of nitrogens with one attached hydrogen (secondary N) is 1. The predicted molar refractivity (Wildman–Crippen MR) is 128 cm³/mol. The maximum Gasteiger partial charge on any atom is 0.257 e. The molecular weight excluding hydrogens is 444 g/mol. The Kier molecular flexibility index (Phi) is 7.95. The lowest BCUT2D eigenvalue weighted by atomic mass is 10.2. The van der Waals surface area contributed by atoms with Gasteiger partial charge in [0.05, 0.1) is 42.9 Å². The van der Waals surface area contributed by atoms with Crippen LogP contribution in [0.15, 0.2) is 48.7 Å². The van der Waals surface area contributed by atoms with Crippen molar-refractivity contribution in [2.24, 2.45) is 0 Å². The summed E-state index contributed by atoms with van der Waals surface area (Å²) >= 11 is 6.07. The van der Waals surface area contributed by atoms with Crippen LogP contribution in [0.3, 0.4) is 0 Å². The first-order valence-corrected chi connectivity index (χ1v) is 11.0. The van der Waals surface area contributed by atoms with E-state index in [2.05, 4.69) is 10.4 Å². The Morgan fingerprint density at radius 1 is 1.09 bits per heavy atom. The largest absolute Gasteiger partial charge is 0.490 e. The van der Waals surface area contributed by atoms with Crippen molar-refractivity contribution in [1.82, 2.24) is 14.7 Å². The number of anilines is 1. The van der Waals surface area contributed by atoms with E-state index >= 15 is 0 Å². The topological polar surface area (TPSA) is 85.7 Å². The number of aromatic nitrogens is 2. The Morgan fingerprint density at radius 2 is 1.82 bits per heavy atom. The minimum atomic E-state index is -0.336. The number of amides is 2. The van der Waals surface area contributed by atoms with Crippen LogP contribution in [0.4, 0.5) is 5.69 Å². The van der Waals surface area contributed by atoms with E-state index in [0.29, 0.717) is 46.7 Å². The van der Waals surface area contributed by atoms with Crippen LogP contribution in [0.25, 0.3) is 5.69 Å². The van der Waals surface area contributed by atoms with E-state index in [1.807, 2.05) is 26.0 Å². The number of benzene rings is 2. The summed E-state index contributed by atoms with van der Waals surface area (Å²) < 4.78 is 12.8. The van der Waals surface area contributed by atoms with Crippen LogP contribution in [-0.4, -0.2) is 53.3 Å². The molecule has 0 spiro atoms. The molecule has 0 atom stereocenters. The molecule has 2 amide bonds. The second kappa shape index (κ2) is 10.9. The molecule has 3 rings (SSSR count). The van der Waals surface area contributed by atoms with Gasteiger partial charge in [0, 0.05) is 23.8 Å². The van der Waals surface area contributed by atoms with Crippen molar-refractivity contribution >= 4 is 29.1 Å². The van der Waals surface area contributed by atoms with Crippen LogP contribution in [0.2, 0.25) is 5.02 Å². The van der Waals surface area contributed by atoms with Crippen molar-refractivity contribution < 1.29 is 19.1 Å². The molecule has 1 aromatic heterocycles. The summed E-state index contributed by atoms with van der Waals surface area (Å²) in [4.78, 5) is 26.9. The van der Waals surface area contributed by atoms with Gasteiger partial charge in [0.25, 0.3) is 5.91 Å². The molecule has 9 heteroatoms. The van der Waals surface area contributed by atoms with Gasteiger partial charge in [-0.25, -0.2) is 4.68 Å².